The van der Waals surface area contributed by atoms with Crippen molar-refractivity contribution in [2.75, 3.05) is 19.6 Å². The third kappa shape index (κ3) is 4.55. The average Bonchev–Trinajstić information content (AvgIpc) is 2.22. The highest BCUT2D eigenvalue weighted by atomic mass is 16.3. The fourth-order valence-electron chi connectivity index (χ4n) is 2.44. The first-order valence-corrected chi connectivity index (χ1v) is 6.44. The number of aliphatic hydroxyl groups is 1. The zero-order valence-corrected chi connectivity index (χ0v) is 10.7. The number of piperidine rings is 1. The summed E-state index contributed by atoms with van der Waals surface area (Å²) in [7, 11) is 0. The van der Waals surface area contributed by atoms with Gasteiger partial charge in [-0.05, 0) is 31.6 Å². The van der Waals surface area contributed by atoms with E-state index in [1.807, 2.05) is 0 Å². The van der Waals surface area contributed by atoms with E-state index >= 15 is 0 Å². The Balaban J connectivity index is 2.27. The molecule has 1 fully saturated rings. The van der Waals surface area contributed by atoms with Crippen LogP contribution >= 0.6 is 0 Å². The van der Waals surface area contributed by atoms with Gasteiger partial charge in [-0.15, -0.1) is 12.3 Å². The number of rotatable bonds is 5. The van der Waals surface area contributed by atoms with Crippen LogP contribution in [0.2, 0.25) is 0 Å². The van der Waals surface area contributed by atoms with Crippen LogP contribution in [0.1, 0.15) is 46.0 Å². The predicted molar refractivity (Wildman–Crippen MR) is 68.1 cm³/mol. The van der Waals surface area contributed by atoms with Crippen LogP contribution in [0.15, 0.2) is 0 Å². The van der Waals surface area contributed by atoms with Crippen molar-refractivity contribution < 1.29 is 5.11 Å². The van der Waals surface area contributed by atoms with E-state index in [-0.39, 0.29) is 0 Å². The van der Waals surface area contributed by atoms with E-state index in [1.165, 1.54) is 0 Å². The van der Waals surface area contributed by atoms with Gasteiger partial charge in [-0.1, -0.05) is 13.8 Å². The molecule has 0 aromatic carbocycles. The Morgan fingerprint density at radius 2 is 2.00 bits per heavy atom. The van der Waals surface area contributed by atoms with Crippen LogP contribution in [0.4, 0.5) is 0 Å². The summed E-state index contributed by atoms with van der Waals surface area (Å²) in [6.07, 6.45) is 9.65. The Morgan fingerprint density at radius 3 is 2.50 bits per heavy atom. The highest BCUT2D eigenvalue weighted by Gasteiger charge is 2.31. The lowest BCUT2D eigenvalue weighted by molar-refractivity contribution is -0.0305. The highest BCUT2D eigenvalue weighted by molar-refractivity contribution is 4.89. The first-order chi connectivity index (χ1) is 7.56. The first-order valence-electron chi connectivity index (χ1n) is 6.44. The summed E-state index contributed by atoms with van der Waals surface area (Å²) in [6.45, 7) is 7.71. The van der Waals surface area contributed by atoms with E-state index in [2.05, 4.69) is 24.7 Å². The van der Waals surface area contributed by atoms with E-state index < -0.39 is 5.60 Å². The molecule has 0 radical (unpaired) electrons. The Labute approximate surface area is 100 Å². The summed E-state index contributed by atoms with van der Waals surface area (Å²) in [5.41, 5.74) is -0.440. The van der Waals surface area contributed by atoms with Gasteiger partial charge in [0.15, 0.2) is 0 Å². The van der Waals surface area contributed by atoms with Gasteiger partial charge >= 0.3 is 0 Å². The van der Waals surface area contributed by atoms with Gasteiger partial charge in [-0.25, -0.2) is 0 Å². The molecule has 1 rings (SSSR count). The molecular weight excluding hydrogens is 198 g/mol. The zero-order chi connectivity index (χ0) is 12.0. The van der Waals surface area contributed by atoms with E-state index in [0.717, 1.165) is 51.7 Å². The normalized spacial score (nSPS) is 20.9. The van der Waals surface area contributed by atoms with Gasteiger partial charge < -0.3 is 10.0 Å². The van der Waals surface area contributed by atoms with Crippen LogP contribution in [0.5, 0.6) is 0 Å². The van der Waals surface area contributed by atoms with Crippen molar-refractivity contribution in [1.29, 1.82) is 0 Å². The fraction of sp³-hybridized carbons (Fsp3) is 0.857. The molecule has 0 atom stereocenters. The summed E-state index contributed by atoms with van der Waals surface area (Å²) < 4.78 is 0. The Bertz CT molecular complexity index is 234. The molecule has 0 unspecified atom stereocenters. The Morgan fingerprint density at radius 1 is 1.38 bits per heavy atom. The Kier molecular flexibility index (Phi) is 5.31. The standard InChI is InChI=1S/C14H25NO/c1-4-5-6-7-14(16)8-10-15(11-9-14)12-13(2)3/h1,13,16H,5-12H2,2-3H3. The van der Waals surface area contributed by atoms with Crippen LogP contribution in [-0.2, 0) is 0 Å². The minimum Gasteiger partial charge on any atom is -0.390 e. The monoisotopic (exact) mass is 223 g/mol. The molecule has 2 nitrogen and oxygen atoms in total. The summed E-state index contributed by atoms with van der Waals surface area (Å²) in [6, 6.07) is 0. The lowest BCUT2D eigenvalue weighted by Gasteiger charge is -2.38. The summed E-state index contributed by atoms with van der Waals surface area (Å²) in [5, 5.41) is 10.4. The van der Waals surface area contributed by atoms with Crippen molar-refractivity contribution in [3.63, 3.8) is 0 Å². The van der Waals surface area contributed by atoms with Gasteiger partial charge in [0.05, 0.1) is 5.60 Å². The maximum absolute atomic E-state index is 10.4. The Hall–Kier alpha value is -0.520. The molecule has 1 heterocycles. The van der Waals surface area contributed by atoms with Crippen molar-refractivity contribution in [2.24, 2.45) is 5.92 Å². The summed E-state index contributed by atoms with van der Waals surface area (Å²) in [5.74, 6) is 3.35. The fourth-order valence-corrected chi connectivity index (χ4v) is 2.44. The van der Waals surface area contributed by atoms with Crippen molar-refractivity contribution >= 4 is 0 Å². The van der Waals surface area contributed by atoms with Gasteiger partial charge in [0, 0.05) is 26.1 Å². The third-order valence-corrected chi connectivity index (χ3v) is 3.37. The van der Waals surface area contributed by atoms with E-state index in [9.17, 15) is 5.11 Å². The second-order valence-corrected chi connectivity index (χ2v) is 5.48. The zero-order valence-electron chi connectivity index (χ0n) is 10.7. The lowest BCUT2D eigenvalue weighted by atomic mass is 9.86. The van der Waals surface area contributed by atoms with Crippen LogP contribution in [0.25, 0.3) is 0 Å². The average molecular weight is 223 g/mol. The van der Waals surface area contributed by atoms with Crippen molar-refractivity contribution in [2.45, 2.75) is 51.6 Å². The molecule has 0 amide bonds. The molecule has 0 bridgehead atoms. The van der Waals surface area contributed by atoms with Gasteiger partial charge in [0.1, 0.15) is 0 Å². The van der Waals surface area contributed by atoms with Crippen molar-refractivity contribution in [3.8, 4) is 12.3 Å². The second kappa shape index (κ2) is 6.27. The maximum atomic E-state index is 10.4. The summed E-state index contributed by atoms with van der Waals surface area (Å²) >= 11 is 0. The summed E-state index contributed by atoms with van der Waals surface area (Å²) in [4.78, 5) is 2.46. The quantitative estimate of drug-likeness (QED) is 0.571. The minimum absolute atomic E-state index is 0.440. The number of terminal acetylenes is 1. The second-order valence-electron chi connectivity index (χ2n) is 5.48. The van der Waals surface area contributed by atoms with Crippen molar-refractivity contribution in [1.82, 2.24) is 4.90 Å². The van der Waals surface area contributed by atoms with E-state index in [1.54, 1.807) is 0 Å². The molecule has 1 saturated heterocycles. The van der Waals surface area contributed by atoms with Crippen LogP contribution < -0.4 is 0 Å². The first kappa shape index (κ1) is 13.5. The number of hydrogen-bond donors (Lipinski definition) is 1. The minimum atomic E-state index is -0.440. The maximum Gasteiger partial charge on any atom is 0.0672 e. The van der Waals surface area contributed by atoms with E-state index in [4.69, 9.17) is 6.42 Å². The molecule has 2 heteroatoms. The molecule has 0 aromatic heterocycles. The highest BCUT2D eigenvalue weighted by Crippen LogP contribution is 2.27. The lowest BCUT2D eigenvalue weighted by Crippen LogP contribution is -2.45. The van der Waals surface area contributed by atoms with Crippen LogP contribution in [-0.4, -0.2) is 35.2 Å². The molecule has 1 aliphatic rings. The number of nitrogens with zero attached hydrogens (tertiary/aromatic N) is 1. The topological polar surface area (TPSA) is 23.5 Å². The smallest absolute Gasteiger partial charge is 0.0672 e. The molecule has 92 valence electrons. The molecule has 0 aliphatic carbocycles. The molecule has 0 saturated carbocycles. The van der Waals surface area contributed by atoms with Gasteiger partial charge in [-0.2, -0.15) is 0 Å². The van der Waals surface area contributed by atoms with Crippen molar-refractivity contribution in [3.05, 3.63) is 0 Å². The molecule has 16 heavy (non-hydrogen) atoms. The van der Waals surface area contributed by atoms with Gasteiger partial charge in [-0.3, -0.25) is 0 Å². The van der Waals surface area contributed by atoms with E-state index in [0.29, 0.717) is 5.92 Å². The largest absolute Gasteiger partial charge is 0.390 e. The number of unbranched alkanes of at least 4 members (excludes halogenated alkanes) is 1. The number of likely N-dealkylation sites (tertiary alicyclic amines) is 1. The molecule has 1 N–H and O–H groups in total. The van der Waals surface area contributed by atoms with Crippen LogP contribution in [0.3, 0.4) is 0 Å². The third-order valence-electron chi connectivity index (χ3n) is 3.37. The number of hydrogen-bond acceptors (Lipinski definition) is 2. The predicted octanol–water partition coefficient (Wildman–Crippen LogP) is 2.27. The molecule has 0 aromatic rings. The van der Waals surface area contributed by atoms with Gasteiger partial charge in [0.2, 0.25) is 0 Å². The SMILES string of the molecule is C#CCCCC1(O)CCN(CC(C)C)CC1. The molecule has 0 spiro atoms. The molecule has 1 aliphatic heterocycles. The molecular formula is C14H25NO. The van der Waals surface area contributed by atoms with Crippen LogP contribution in [0, 0.1) is 18.3 Å². The van der Waals surface area contributed by atoms with Gasteiger partial charge in [0.25, 0.3) is 0 Å².